The fourth-order valence-corrected chi connectivity index (χ4v) is 2.46. The molecule has 5 heteroatoms. The summed E-state index contributed by atoms with van der Waals surface area (Å²) in [6, 6.07) is 4.79. The highest BCUT2D eigenvalue weighted by atomic mass is 79.9. The lowest BCUT2D eigenvalue weighted by molar-refractivity contribution is 0.675. The van der Waals surface area contributed by atoms with Crippen molar-refractivity contribution >= 4 is 32.7 Å². The van der Waals surface area contributed by atoms with Crippen LogP contribution in [0.2, 0.25) is 0 Å². The highest BCUT2D eigenvalue weighted by Crippen LogP contribution is 2.24. The number of anilines is 1. The van der Waals surface area contributed by atoms with E-state index in [1.54, 1.807) is 0 Å². The van der Waals surface area contributed by atoms with Crippen molar-refractivity contribution in [2.24, 2.45) is 0 Å². The number of nitrogens with one attached hydrogen (secondary N) is 1. The van der Waals surface area contributed by atoms with E-state index in [0.717, 1.165) is 40.3 Å². The molecule has 1 saturated carbocycles. The fraction of sp³-hybridized carbons (Fsp3) is 0.429. The van der Waals surface area contributed by atoms with Crippen molar-refractivity contribution < 1.29 is 0 Å². The number of pyridine rings is 2. The zero-order valence-corrected chi connectivity index (χ0v) is 12.5. The van der Waals surface area contributed by atoms with E-state index < -0.39 is 0 Å². The van der Waals surface area contributed by atoms with Crippen LogP contribution in [-0.2, 0) is 0 Å². The van der Waals surface area contributed by atoms with Gasteiger partial charge in [-0.25, -0.2) is 0 Å². The van der Waals surface area contributed by atoms with E-state index in [2.05, 4.69) is 43.2 Å². The summed E-state index contributed by atoms with van der Waals surface area (Å²) in [4.78, 5) is 11.1. The van der Waals surface area contributed by atoms with Crippen LogP contribution in [0.5, 0.6) is 0 Å². The molecule has 100 valence electrons. The van der Waals surface area contributed by atoms with Crippen LogP contribution in [0.1, 0.15) is 12.8 Å². The van der Waals surface area contributed by atoms with Crippen molar-refractivity contribution in [1.82, 2.24) is 15.3 Å². The molecule has 1 N–H and O–H groups in total. The van der Waals surface area contributed by atoms with Crippen molar-refractivity contribution in [3.63, 3.8) is 0 Å². The van der Waals surface area contributed by atoms with Crippen LogP contribution in [0.4, 0.5) is 5.69 Å². The number of likely N-dealkylation sites (N-methyl/N-ethyl adjacent to an activating group) is 1. The van der Waals surface area contributed by atoms with Crippen LogP contribution in [0.15, 0.2) is 29.0 Å². The van der Waals surface area contributed by atoms with Gasteiger partial charge in [-0.3, -0.25) is 9.97 Å². The maximum absolute atomic E-state index is 4.49. The lowest BCUT2D eigenvalue weighted by atomic mass is 10.2. The molecule has 19 heavy (non-hydrogen) atoms. The Morgan fingerprint density at radius 1 is 1.42 bits per heavy atom. The highest BCUT2D eigenvalue weighted by molar-refractivity contribution is 9.10. The Bertz CT molecular complexity index is 583. The summed E-state index contributed by atoms with van der Waals surface area (Å²) in [6.45, 7) is 1.99. The topological polar surface area (TPSA) is 41.0 Å². The zero-order chi connectivity index (χ0) is 13.2. The average Bonchev–Trinajstić information content (AvgIpc) is 3.21. The average molecular weight is 321 g/mol. The molecular weight excluding hydrogens is 304 g/mol. The summed E-state index contributed by atoms with van der Waals surface area (Å²) in [6.07, 6.45) is 6.33. The molecule has 0 bridgehead atoms. The maximum atomic E-state index is 4.49. The molecule has 1 fully saturated rings. The van der Waals surface area contributed by atoms with Gasteiger partial charge in [-0.05, 0) is 40.9 Å². The summed E-state index contributed by atoms with van der Waals surface area (Å²) in [5.74, 6) is 0. The molecule has 0 saturated heterocycles. The van der Waals surface area contributed by atoms with Gasteiger partial charge in [0, 0.05) is 43.0 Å². The molecule has 2 aromatic rings. The van der Waals surface area contributed by atoms with Gasteiger partial charge in [0.1, 0.15) is 5.52 Å². The van der Waals surface area contributed by atoms with Gasteiger partial charge < -0.3 is 10.2 Å². The van der Waals surface area contributed by atoms with Gasteiger partial charge in [0.15, 0.2) is 0 Å². The molecule has 0 spiro atoms. The second-order valence-corrected chi connectivity index (χ2v) is 5.92. The van der Waals surface area contributed by atoms with E-state index in [1.807, 2.05) is 24.5 Å². The summed E-state index contributed by atoms with van der Waals surface area (Å²) in [5.41, 5.74) is 3.02. The Morgan fingerprint density at radius 2 is 2.26 bits per heavy atom. The molecule has 2 aromatic heterocycles. The first-order valence-corrected chi connectivity index (χ1v) is 7.38. The lowest BCUT2D eigenvalue weighted by Crippen LogP contribution is -2.30. The van der Waals surface area contributed by atoms with Gasteiger partial charge in [0.05, 0.1) is 11.2 Å². The molecule has 1 aliphatic carbocycles. The van der Waals surface area contributed by atoms with E-state index in [1.165, 1.54) is 12.8 Å². The minimum Gasteiger partial charge on any atom is -0.371 e. The van der Waals surface area contributed by atoms with E-state index in [4.69, 9.17) is 0 Å². The van der Waals surface area contributed by atoms with Gasteiger partial charge in [-0.1, -0.05) is 0 Å². The highest BCUT2D eigenvalue weighted by Gasteiger charge is 2.20. The normalized spacial score (nSPS) is 14.8. The first-order valence-electron chi connectivity index (χ1n) is 6.59. The summed E-state index contributed by atoms with van der Waals surface area (Å²) < 4.78 is 0.961. The second-order valence-electron chi connectivity index (χ2n) is 5.00. The van der Waals surface area contributed by atoms with Crippen LogP contribution in [0.3, 0.4) is 0 Å². The summed E-state index contributed by atoms with van der Waals surface area (Å²) >= 11 is 3.43. The van der Waals surface area contributed by atoms with Crippen molar-refractivity contribution in [2.45, 2.75) is 18.9 Å². The molecule has 3 rings (SSSR count). The van der Waals surface area contributed by atoms with E-state index >= 15 is 0 Å². The standard InChI is InChI=1S/C14H17BrN4/c1-19(7-6-16-11-2-3-11)13-4-5-17-12-8-10(15)9-18-14(12)13/h4-5,8-9,11,16H,2-3,6-7H2,1H3. The number of halogens is 1. The second kappa shape index (κ2) is 5.43. The molecule has 2 heterocycles. The minimum absolute atomic E-state index is 0.761. The van der Waals surface area contributed by atoms with Crippen molar-refractivity contribution in [3.05, 3.63) is 29.0 Å². The van der Waals surface area contributed by atoms with Crippen molar-refractivity contribution in [3.8, 4) is 0 Å². The molecule has 1 aliphatic rings. The number of hydrogen-bond donors (Lipinski definition) is 1. The lowest BCUT2D eigenvalue weighted by Gasteiger charge is -2.20. The fourth-order valence-electron chi connectivity index (χ4n) is 2.14. The van der Waals surface area contributed by atoms with E-state index in [9.17, 15) is 0 Å². The third-order valence-electron chi connectivity index (χ3n) is 3.39. The molecule has 0 aromatic carbocycles. The van der Waals surface area contributed by atoms with Crippen LogP contribution >= 0.6 is 15.9 Å². The van der Waals surface area contributed by atoms with Crippen molar-refractivity contribution in [1.29, 1.82) is 0 Å². The third kappa shape index (κ3) is 3.04. The van der Waals surface area contributed by atoms with Crippen LogP contribution in [-0.4, -0.2) is 36.1 Å². The van der Waals surface area contributed by atoms with Gasteiger partial charge in [-0.2, -0.15) is 0 Å². The smallest absolute Gasteiger partial charge is 0.112 e. The van der Waals surface area contributed by atoms with Gasteiger partial charge >= 0.3 is 0 Å². The summed E-state index contributed by atoms with van der Waals surface area (Å²) in [5, 5.41) is 3.53. The van der Waals surface area contributed by atoms with Crippen LogP contribution in [0.25, 0.3) is 11.0 Å². The Balaban J connectivity index is 1.78. The molecule has 0 unspecified atom stereocenters. The predicted octanol–water partition coefficient (Wildman–Crippen LogP) is 2.58. The molecule has 4 nitrogen and oxygen atoms in total. The Kier molecular flexibility index (Phi) is 3.66. The number of nitrogens with zero attached hydrogens (tertiary/aromatic N) is 3. The monoisotopic (exact) mass is 320 g/mol. The molecule has 0 aliphatic heterocycles. The van der Waals surface area contributed by atoms with Gasteiger partial charge in [-0.15, -0.1) is 0 Å². The zero-order valence-electron chi connectivity index (χ0n) is 10.9. The first-order chi connectivity index (χ1) is 9.24. The van der Waals surface area contributed by atoms with Crippen LogP contribution < -0.4 is 10.2 Å². The molecule has 0 amide bonds. The SMILES string of the molecule is CN(CCNC1CC1)c1ccnc2cc(Br)cnc12. The van der Waals surface area contributed by atoms with E-state index in [-0.39, 0.29) is 0 Å². The molecule has 0 atom stereocenters. The minimum atomic E-state index is 0.761. The largest absolute Gasteiger partial charge is 0.371 e. The van der Waals surface area contributed by atoms with Crippen molar-refractivity contribution in [2.75, 3.05) is 25.0 Å². The molecule has 0 radical (unpaired) electrons. The Labute approximate surface area is 121 Å². The number of fused-ring (bicyclic) bond motifs is 1. The first kappa shape index (κ1) is 12.8. The van der Waals surface area contributed by atoms with E-state index in [0.29, 0.717) is 0 Å². The third-order valence-corrected chi connectivity index (χ3v) is 3.83. The summed E-state index contributed by atoms with van der Waals surface area (Å²) in [7, 11) is 2.10. The van der Waals surface area contributed by atoms with Crippen LogP contribution in [0, 0.1) is 0 Å². The Hall–Kier alpha value is -1.20. The molecular formula is C14H17BrN4. The van der Waals surface area contributed by atoms with Gasteiger partial charge in [0.2, 0.25) is 0 Å². The number of rotatable bonds is 5. The van der Waals surface area contributed by atoms with Gasteiger partial charge in [0.25, 0.3) is 0 Å². The maximum Gasteiger partial charge on any atom is 0.112 e. The predicted molar refractivity (Wildman–Crippen MR) is 81.5 cm³/mol. The number of aromatic nitrogens is 2. The number of hydrogen-bond acceptors (Lipinski definition) is 4. The quantitative estimate of drug-likeness (QED) is 0.919. The Morgan fingerprint density at radius 3 is 3.05 bits per heavy atom.